The molecule has 3 aromatic rings. The van der Waals surface area contributed by atoms with Gasteiger partial charge in [0.15, 0.2) is 5.82 Å². The van der Waals surface area contributed by atoms with Crippen LogP contribution >= 0.6 is 0 Å². The average molecular weight is 397 g/mol. The Morgan fingerprint density at radius 3 is 2.71 bits per heavy atom. The summed E-state index contributed by atoms with van der Waals surface area (Å²) in [5.74, 6) is -0.489. The molecule has 0 radical (unpaired) electrons. The van der Waals surface area contributed by atoms with Gasteiger partial charge < -0.3 is 15.2 Å². The van der Waals surface area contributed by atoms with Gasteiger partial charge in [-0.05, 0) is 18.6 Å². The molecule has 3 aromatic heterocycles. The monoisotopic (exact) mass is 397 g/mol. The highest BCUT2D eigenvalue weighted by Crippen LogP contribution is 2.30. The van der Waals surface area contributed by atoms with Crippen LogP contribution in [-0.2, 0) is 10.9 Å². The number of fused-ring (bicyclic) bond motifs is 1. The lowest BCUT2D eigenvalue weighted by Gasteiger charge is -2.28. The van der Waals surface area contributed by atoms with E-state index in [1.807, 2.05) is 0 Å². The predicted molar refractivity (Wildman–Crippen MR) is 90.0 cm³/mol. The summed E-state index contributed by atoms with van der Waals surface area (Å²) < 4.78 is 58.8. The molecule has 4 rings (SSSR count). The van der Waals surface area contributed by atoms with Crippen molar-refractivity contribution >= 4 is 11.5 Å². The Morgan fingerprint density at radius 2 is 2.04 bits per heavy atom. The van der Waals surface area contributed by atoms with Crippen LogP contribution in [0.1, 0.15) is 12.0 Å². The highest BCUT2D eigenvalue weighted by molar-refractivity contribution is 5.64. The Morgan fingerprint density at radius 1 is 1.21 bits per heavy atom. The van der Waals surface area contributed by atoms with Gasteiger partial charge in [-0.3, -0.25) is 4.98 Å². The van der Waals surface area contributed by atoms with Crippen molar-refractivity contribution in [3.05, 3.63) is 42.0 Å². The summed E-state index contributed by atoms with van der Waals surface area (Å²) in [5, 5.41) is 17.1. The summed E-state index contributed by atoms with van der Waals surface area (Å²) in [5.41, 5.74) is -0.542. The minimum Gasteiger partial charge on any atom is -0.389 e. The largest absolute Gasteiger partial charge is 0.417 e. The third-order valence-corrected chi connectivity index (χ3v) is 4.46. The molecular weight excluding hydrogens is 382 g/mol. The van der Waals surface area contributed by atoms with Crippen molar-refractivity contribution in [2.75, 3.05) is 18.5 Å². The summed E-state index contributed by atoms with van der Waals surface area (Å²) in [6.07, 6.45) is -2.78. The van der Waals surface area contributed by atoms with Gasteiger partial charge in [0.25, 0.3) is 0 Å². The number of nitrogens with zero attached hydrogens (tertiary/aromatic N) is 4. The molecule has 0 spiro atoms. The van der Waals surface area contributed by atoms with E-state index in [4.69, 9.17) is 4.74 Å². The number of ether oxygens (including phenoxy) is 1. The lowest BCUT2D eigenvalue weighted by Crippen LogP contribution is -2.42. The van der Waals surface area contributed by atoms with E-state index in [-0.39, 0.29) is 35.5 Å². The molecule has 4 heterocycles. The third kappa shape index (κ3) is 3.50. The van der Waals surface area contributed by atoms with Crippen molar-refractivity contribution in [3.63, 3.8) is 0 Å². The second-order valence-electron chi connectivity index (χ2n) is 6.37. The fourth-order valence-electron chi connectivity index (χ4n) is 2.97. The normalized spacial score (nSPS) is 20.5. The standard InChI is InChI=1S/C17H15F4N5O2/c18-10-5-13(11-2-1-9(6-22-11)17(19,20)21)26-14(10)7-23-16(25-26)24-12-3-4-28-8-15(12)27/h1-2,5-7,12,15,27H,3-4,8H2,(H,24,25)/t12-,15-/m1/s1. The number of aliphatic hydroxyl groups excluding tert-OH is 1. The van der Waals surface area contributed by atoms with Crippen molar-refractivity contribution in [2.45, 2.75) is 24.7 Å². The number of halogens is 4. The number of aliphatic hydroxyl groups is 1. The van der Waals surface area contributed by atoms with Crippen molar-refractivity contribution in [2.24, 2.45) is 0 Å². The average Bonchev–Trinajstić information content (AvgIpc) is 2.99. The van der Waals surface area contributed by atoms with Gasteiger partial charge in [-0.15, -0.1) is 5.10 Å². The molecule has 0 amide bonds. The quantitative estimate of drug-likeness (QED) is 0.661. The first kappa shape index (κ1) is 18.6. The van der Waals surface area contributed by atoms with E-state index in [0.717, 1.165) is 18.2 Å². The summed E-state index contributed by atoms with van der Waals surface area (Å²) in [6, 6.07) is 2.83. The van der Waals surface area contributed by atoms with Gasteiger partial charge in [-0.25, -0.2) is 13.9 Å². The van der Waals surface area contributed by atoms with Crippen LogP contribution in [0, 0.1) is 5.82 Å². The van der Waals surface area contributed by atoms with E-state index in [1.165, 1.54) is 10.7 Å². The van der Waals surface area contributed by atoms with Gasteiger partial charge in [0, 0.05) is 18.9 Å². The highest BCUT2D eigenvalue weighted by atomic mass is 19.4. The minimum atomic E-state index is -4.51. The number of rotatable bonds is 3. The molecule has 0 saturated carbocycles. The Balaban J connectivity index is 1.69. The summed E-state index contributed by atoms with van der Waals surface area (Å²) in [6.45, 7) is 0.647. The van der Waals surface area contributed by atoms with Crippen LogP contribution in [0.2, 0.25) is 0 Å². The molecule has 7 nitrogen and oxygen atoms in total. The first-order valence-electron chi connectivity index (χ1n) is 8.43. The van der Waals surface area contributed by atoms with Crippen LogP contribution in [-0.4, -0.2) is 50.0 Å². The molecule has 0 unspecified atom stereocenters. The fourth-order valence-corrected chi connectivity index (χ4v) is 2.97. The summed E-state index contributed by atoms with van der Waals surface area (Å²) >= 11 is 0. The molecule has 1 fully saturated rings. The van der Waals surface area contributed by atoms with Crippen molar-refractivity contribution in [3.8, 4) is 11.4 Å². The van der Waals surface area contributed by atoms with Gasteiger partial charge in [0.05, 0.1) is 41.9 Å². The molecule has 1 saturated heterocycles. The second-order valence-corrected chi connectivity index (χ2v) is 6.37. The van der Waals surface area contributed by atoms with Gasteiger partial charge in [0.1, 0.15) is 5.52 Å². The molecular formula is C17H15F4N5O2. The molecule has 0 aliphatic carbocycles. The first-order valence-corrected chi connectivity index (χ1v) is 8.43. The minimum absolute atomic E-state index is 0.0507. The molecule has 11 heteroatoms. The van der Waals surface area contributed by atoms with Crippen molar-refractivity contribution in [1.29, 1.82) is 0 Å². The third-order valence-electron chi connectivity index (χ3n) is 4.46. The molecule has 2 atom stereocenters. The van der Waals surface area contributed by atoms with Crippen LogP contribution in [0.4, 0.5) is 23.5 Å². The van der Waals surface area contributed by atoms with Crippen molar-refractivity contribution in [1.82, 2.24) is 19.6 Å². The maximum Gasteiger partial charge on any atom is 0.417 e. The predicted octanol–water partition coefficient (Wildman–Crippen LogP) is 2.51. The lowest BCUT2D eigenvalue weighted by molar-refractivity contribution is -0.137. The van der Waals surface area contributed by atoms with Crippen LogP contribution in [0.15, 0.2) is 30.6 Å². The van der Waals surface area contributed by atoms with Crippen molar-refractivity contribution < 1.29 is 27.4 Å². The molecule has 0 bridgehead atoms. The Kier molecular flexibility index (Phi) is 4.63. The van der Waals surface area contributed by atoms with E-state index in [0.29, 0.717) is 19.2 Å². The number of pyridine rings is 1. The molecule has 1 aliphatic rings. The molecule has 0 aromatic carbocycles. The second kappa shape index (κ2) is 6.99. The van der Waals surface area contributed by atoms with Gasteiger partial charge in [0.2, 0.25) is 5.95 Å². The number of aromatic nitrogens is 4. The zero-order valence-corrected chi connectivity index (χ0v) is 14.3. The SMILES string of the molecule is O[C@@H]1COCC[C@H]1Nc1ncc2c(F)cc(-c3ccc(C(F)(F)F)cn3)n2n1. The van der Waals surface area contributed by atoms with Crippen LogP contribution in [0.3, 0.4) is 0 Å². The number of hydrogen-bond acceptors (Lipinski definition) is 6. The number of anilines is 1. The molecule has 148 valence electrons. The van der Waals surface area contributed by atoms with E-state index < -0.39 is 23.7 Å². The maximum absolute atomic E-state index is 14.2. The van der Waals surface area contributed by atoms with E-state index in [2.05, 4.69) is 20.4 Å². The van der Waals surface area contributed by atoms with Crippen LogP contribution < -0.4 is 5.32 Å². The summed E-state index contributed by atoms with van der Waals surface area (Å²) in [4.78, 5) is 7.84. The van der Waals surface area contributed by atoms with Gasteiger partial charge >= 0.3 is 6.18 Å². The van der Waals surface area contributed by atoms with E-state index in [9.17, 15) is 22.7 Å². The molecule has 28 heavy (non-hydrogen) atoms. The van der Waals surface area contributed by atoms with E-state index in [1.54, 1.807) is 0 Å². The highest BCUT2D eigenvalue weighted by Gasteiger charge is 2.31. The smallest absolute Gasteiger partial charge is 0.389 e. The molecule has 2 N–H and O–H groups in total. The topological polar surface area (TPSA) is 84.6 Å². The Labute approximate surface area is 156 Å². The lowest BCUT2D eigenvalue weighted by atomic mass is 10.1. The Bertz CT molecular complexity index is 990. The number of nitrogens with one attached hydrogen (secondary N) is 1. The Hall–Kier alpha value is -2.79. The zero-order valence-electron chi connectivity index (χ0n) is 14.3. The fraction of sp³-hybridized carbons (Fsp3) is 0.353. The van der Waals surface area contributed by atoms with Crippen LogP contribution in [0.25, 0.3) is 16.9 Å². The van der Waals surface area contributed by atoms with Crippen LogP contribution in [0.5, 0.6) is 0 Å². The zero-order chi connectivity index (χ0) is 19.9. The molecule has 1 aliphatic heterocycles. The van der Waals surface area contributed by atoms with E-state index >= 15 is 0 Å². The maximum atomic E-state index is 14.2. The summed E-state index contributed by atoms with van der Waals surface area (Å²) in [7, 11) is 0. The first-order chi connectivity index (χ1) is 13.3. The van der Waals surface area contributed by atoms with Gasteiger partial charge in [-0.1, -0.05) is 0 Å². The number of hydrogen-bond donors (Lipinski definition) is 2. The van der Waals surface area contributed by atoms with Gasteiger partial charge in [-0.2, -0.15) is 13.2 Å². The number of alkyl halides is 3.